The third-order valence-electron chi connectivity index (χ3n) is 10.2. The number of carboxylic acid groups (broad SMARTS) is 1. The van der Waals surface area contributed by atoms with Gasteiger partial charge < -0.3 is 28.6 Å². The fourth-order valence-corrected chi connectivity index (χ4v) is 6.50. The average Bonchev–Trinajstić information content (AvgIpc) is 3.18. The van der Waals surface area contributed by atoms with Gasteiger partial charge in [0.2, 0.25) is 0 Å². The minimum atomic E-state index is -1.13. The van der Waals surface area contributed by atoms with E-state index in [1.165, 1.54) is 89.9 Å². The lowest BCUT2D eigenvalue weighted by Gasteiger charge is -2.34. The third-order valence-corrected chi connectivity index (χ3v) is 10.2. The zero-order valence-corrected chi connectivity index (χ0v) is 37.9. The number of carboxylic acids is 1. The Labute approximate surface area is 356 Å². The van der Waals surface area contributed by atoms with E-state index in [0.717, 1.165) is 57.8 Å². The number of unbranched alkanes of at least 4 members (excludes halogenated alkanes) is 17. The van der Waals surface area contributed by atoms with Crippen LogP contribution in [0.4, 0.5) is 0 Å². The first-order chi connectivity index (χ1) is 28.1. The molecule has 0 saturated carbocycles. The number of likely N-dealkylation sites (N-methyl/N-ethyl adjacent to an activating group) is 1. The molecule has 2 atom stereocenters. The Kier molecular flexibility index (Phi) is 38.7. The number of hydrogen-bond donors (Lipinski definition) is 0. The summed E-state index contributed by atoms with van der Waals surface area (Å²) in [7, 11) is 5.39. The van der Waals surface area contributed by atoms with Gasteiger partial charge in [0.05, 0.1) is 40.3 Å². The molecule has 0 aliphatic carbocycles. The van der Waals surface area contributed by atoms with Crippen molar-refractivity contribution in [2.45, 2.75) is 199 Å². The lowest BCUT2D eigenvalue weighted by Crippen LogP contribution is -2.55. The number of esters is 2. The molecule has 0 aliphatic rings. The van der Waals surface area contributed by atoms with Gasteiger partial charge in [0.15, 0.2) is 6.10 Å². The quantitative estimate of drug-likeness (QED) is 0.0262. The molecule has 0 radical (unpaired) electrons. The molecule has 0 amide bonds. The molecule has 0 heterocycles. The fraction of sp³-hybridized carbons (Fsp3) is 0.740. The van der Waals surface area contributed by atoms with Crippen molar-refractivity contribution in [1.29, 1.82) is 0 Å². The van der Waals surface area contributed by atoms with Gasteiger partial charge in [0, 0.05) is 19.3 Å². The Morgan fingerprint density at radius 3 is 1.38 bits per heavy atom. The Morgan fingerprint density at radius 2 is 0.914 bits per heavy atom. The largest absolute Gasteiger partial charge is 0.544 e. The number of aliphatic carboxylic acids is 1. The maximum absolute atomic E-state index is 12.7. The van der Waals surface area contributed by atoms with E-state index in [1.54, 1.807) is 21.1 Å². The van der Waals surface area contributed by atoms with Gasteiger partial charge in [0.25, 0.3) is 0 Å². The summed E-state index contributed by atoms with van der Waals surface area (Å²) >= 11 is 0. The van der Waals surface area contributed by atoms with Crippen molar-refractivity contribution in [3.05, 3.63) is 60.8 Å². The van der Waals surface area contributed by atoms with E-state index >= 15 is 0 Å². The number of nitrogens with zero attached hydrogens (tertiary/aromatic N) is 1. The van der Waals surface area contributed by atoms with E-state index in [-0.39, 0.29) is 49.1 Å². The van der Waals surface area contributed by atoms with Gasteiger partial charge in [0.1, 0.15) is 12.6 Å². The van der Waals surface area contributed by atoms with Crippen molar-refractivity contribution in [3.63, 3.8) is 0 Å². The van der Waals surface area contributed by atoms with Crippen LogP contribution in [-0.2, 0) is 28.6 Å². The number of ether oxygens (including phenoxy) is 3. The molecule has 0 aromatic carbocycles. The molecule has 8 nitrogen and oxygen atoms in total. The van der Waals surface area contributed by atoms with Gasteiger partial charge >= 0.3 is 11.9 Å². The van der Waals surface area contributed by atoms with Crippen molar-refractivity contribution < 1.29 is 38.2 Å². The van der Waals surface area contributed by atoms with Crippen molar-refractivity contribution in [2.75, 3.05) is 41.0 Å². The first-order valence-electron chi connectivity index (χ1n) is 23.3. The van der Waals surface area contributed by atoms with Crippen LogP contribution in [0.5, 0.6) is 0 Å². The number of carbonyl (C=O) groups is 3. The highest BCUT2D eigenvalue weighted by Gasteiger charge is 2.25. The summed E-state index contributed by atoms with van der Waals surface area (Å²) in [5.74, 6) is -1.79. The van der Waals surface area contributed by atoms with E-state index in [0.29, 0.717) is 12.8 Å². The maximum atomic E-state index is 12.7. The molecule has 8 heteroatoms. The SMILES string of the molecule is CCCCC/C=C/C/C=C/C/C=C/C/C=C/C/C=C/CCCCC(=O)OC(COCCC(C(=O)[O-])[N+](C)(C)C)COC(=O)CCCCCCCCCCCCCCC. The normalized spacial score (nSPS) is 13.5. The van der Waals surface area contributed by atoms with Crippen molar-refractivity contribution in [1.82, 2.24) is 0 Å². The molecular weight excluding hydrogens is 727 g/mol. The van der Waals surface area contributed by atoms with Gasteiger partial charge in [-0.2, -0.15) is 0 Å². The smallest absolute Gasteiger partial charge is 0.306 e. The lowest BCUT2D eigenvalue weighted by atomic mass is 10.0. The zero-order valence-electron chi connectivity index (χ0n) is 37.9. The van der Waals surface area contributed by atoms with Gasteiger partial charge in [-0.25, -0.2) is 0 Å². The Hall–Kier alpha value is -2.97. The highest BCUT2D eigenvalue weighted by atomic mass is 16.6. The number of quaternary nitrogens is 1. The zero-order chi connectivity index (χ0) is 42.8. The van der Waals surface area contributed by atoms with E-state index in [4.69, 9.17) is 14.2 Å². The molecule has 0 aromatic rings. The highest BCUT2D eigenvalue weighted by Crippen LogP contribution is 2.14. The van der Waals surface area contributed by atoms with Crippen LogP contribution in [0.3, 0.4) is 0 Å². The van der Waals surface area contributed by atoms with E-state index in [9.17, 15) is 19.5 Å². The monoisotopic (exact) mass is 814 g/mol. The van der Waals surface area contributed by atoms with Crippen molar-refractivity contribution in [2.24, 2.45) is 0 Å². The standard InChI is InChI=1S/C50H87NO7/c1-6-8-10-12-14-16-18-20-21-22-23-24-25-26-27-29-31-33-35-37-39-41-49(53)58-46(44-56-43-42-47(50(54)55)51(3,4)5)45-57-48(52)40-38-36-34-32-30-28-19-17-15-13-11-9-7-2/h14,16,20-21,23-24,26-27,31,33,46-47H,6-13,15,17-19,22,25,28-30,32,34-45H2,1-5H3/b16-14+,21-20+,24-23+,27-26+,33-31+. The van der Waals surface area contributed by atoms with Gasteiger partial charge in [-0.3, -0.25) is 9.59 Å². The van der Waals surface area contributed by atoms with Crippen LogP contribution in [0.2, 0.25) is 0 Å². The Balaban J connectivity index is 4.40. The summed E-state index contributed by atoms with van der Waals surface area (Å²) in [6, 6.07) is -0.735. The molecule has 0 saturated heterocycles. The highest BCUT2D eigenvalue weighted by molar-refractivity contribution is 5.70. The molecule has 0 aliphatic heterocycles. The second-order valence-corrected chi connectivity index (χ2v) is 16.6. The predicted octanol–water partition coefficient (Wildman–Crippen LogP) is 11.6. The third kappa shape index (κ3) is 38.5. The number of rotatable bonds is 41. The maximum Gasteiger partial charge on any atom is 0.306 e. The molecule has 0 rings (SSSR count). The van der Waals surface area contributed by atoms with Crippen LogP contribution in [-0.4, -0.2) is 75.5 Å². The number of allylic oxidation sites excluding steroid dienone is 10. The summed E-state index contributed by atoms with van der Waals surface area (Å²) in [5.41, 5.74) is 0. The molecule has 0 fully saturated rings. The van der Waals surface area contributed by atoms with Crippen molar-refractivity contribution >= 4 is 17.9 Å². The summed E-state index contributed by atoms with van der Waals surface area (Å²) < 4.78 is 17.1. The average molecular weight is 814 g/mol. The summed E-state index contributed by atoms with van der Waals surface area (Å²) in [6.07, 6.45) is 49.6. The minimum absolute atomic E-state index is 0.0227. The van der Waals surface area contributed by atoms with E-state index in [1.807, 2.05) is 0 Å². The van der Waals surface area contributed by atoms with Crippen LogP contribution in [0, 0.1) is 0 Å². The molecule has 0 aromatic heterocycles. The molecule has 0 N–H and O–H groups in total. The van der Waals surface area contributed by atoms with Gasteiger partial charge in [-0.1, -0.05) is 164 Å². The predicted molar refractivity (Wildman–Crippen MR) is 240 cm³/mol. The van der Waals surface area contributed by atoms with Crippen LogP contribution in [0.25, 0.3) is 0 Å². The van der Waals surface area contributed by atoms with Crippen LogP contribution in [0.1, 0.15) is 187 Å². The first kappa shape index (κ1) is 55.0. The van der Waals surface area contributed by atoms with Gasteiger partial charge in [-0.15, -0.1) is 0 Å². The molecular formula is C50H87NO7. The van der Waals surface area contributed by atoms with Crippen molar-refractivity contribution in [3.8, 4) is 0 Å². The van der Waals surface area contributed by atoms with Crippen LogP contribution >= 0.6 is 0 Å². The Bertz CT molecular complexity index is 1130. The second kappa shape index (κ2) is 40.8. The number of carbonyl (C=O) groups excluding carboxylic acids is 3. The van der Waals surface area contributed by atoms with Crippen LogP contribution < -0.4 is 5.11 Å². The lowest BCUT2D eigenvalue weighted by molar-refractivity contribution is -0.889. The first-order valence-corrected chi connectivity index (χ1v) is 23.3. The summed E-state index contributed by atoms with van der Waals surface area (Å²) in [5, 5.41) is 11.6. The fourth-order valence-electron chi connectivity index (χ4n) is 6.50. The molecule has 2 unspecified atom stereocenters. The topological polar surface area (TPSA) is 102 Å². The second-order valence-electron chi connectivity index (χ2n) is 16.6. The molecule has 0 bridgehead atoms. The van der Waals surface area contributed by atoms with Crippen LogP contribution in [0.15, 0.2) is 60.8 Å². The number of hydrogen-bond acceptors (Lipinski definition) is 7. The van der Waals surface area contributed by atoms with E-state index in [2.05, 4.69) is 74.6 Å². The summed E-state index contributed by atoms with van der Waals surface area (Å²) in [4.78, 5) is 36.9. The summed E-state index contributed by atoms with van der Waals surface area (Å²) in [6.45, 7) is 4.59. The molecule has 58 heavy (non-hydrogen) atoms. The van der Waals surface area contributed by atoms with E-state index < -0.39 is 18.1 Å². The Morgan fingerprint density at radius 1 is 0.517 bits per heavy atom. The van der Waals surface area contributed by atoms with Gasteiger partial charge in [-0.05, 0) is 64.2 Å². The minimum Gasteiger partial charge on any atom is -0.544 e. The molecule has 334 valence electrons. The molecule has 0 spiro atoms.